The second kappa shape index (κ2) is 7.47. The predicted octanol–water partition coefficient (Wildman–Crippen LogP) is 3.73. The molecule has 30 heavy (non-hydrogen) atoms. The number of nitrogens with one attached hydrogen (secondary N) is 2. The van der Waals surface area contributed by atoms with Gasteiger partial charge in [-0.05, 0) is 49.6 Å². The summed E-state index contributed by atoms with van der Waals surface area (Å²) in [4.78, 5) is 38.3. The largest absolute Gasteiger partial charge is 0.416 e. The molecule has 2 aromatic carbocycles. The zero-order valence-corrected chi connectivity index (χ0v) is 16.6. The van der Waals surface area contributed by atoms with Crippen molar-refractivity contribution in [1.29, 1.82) is 0 Å². The van der Waals surface area contributed by atoms with Crippen LogP contribution in [-0.2, 0) is 21.3 Å². The minimum atomic E-state index is -4.71. The van der Waals surface area contributed by atoms with E-state index in [0.29, 0.717) is 10.6 Å². The Kier molecular flexibility index (Phi) is 5.32. The van der Waals surface area contributed by atoms with Crippen LogP contribution in [0.15, 0.2) is 42.5 Å². The summed E-state index contributed by atoms with van der Waals surface area (Å²) in [6.45, 7) is 4.20. The summed E-state index contributed by atoms with van der Waals surface area (Å²) in [6.07, 6.45) is -4.71. The zero-order chi connectivity index (χ0) is 22.3. The van der Waals surface area contributed by atoms with Gasteiger partial charge in [0.2, 0.25) is 5.91 Å². The number of alkyl halides is 3. The van der Waals surface area contributed by atoms with Crippen molar-refractivity contribution in [2.75, 3.05) is 11.9 Å². The molecule has 0 radical (unpaired) electrons. The highest BCUT2D eigenvalue weighted by Gasteiger charge is 2.52. The van der Waals surface area contributed by atoms with Crippen LogP contribution in [0.2, 0.25) is 0 Å². The van der Waals surface area contributed by atoms with E-state index in [1.54, 1.807) is 13.0 Å². The van der Waals surface area contributed by atoms with Crippen molar-refractivity contribution in [1.82, 2.24) is 10.2 Å². The molecule has 2 aromatic rings. The van der Waals surface area contributed by atoms with Gasteiger partial charge in [-0.2, -0.15) is 13.2 Å². The fourth-order valence-electron chi connectivity index (χ4n) is 3.39. The molecule has 1 saturated heterocycles. The molecule has 158 valence electrons. The van der Waals surface area contributed by atoms with Crippen LogP contribution in [0.5, 0.6) is 0 Å². The molecule has 2 N–H and O–H groups in total. The van der Waals surface area contributed by atoms with E-state index in [4.69, 9.17) is 0 Å². The highest BCUT2D eigenvalue weighted by molar-refractivity contribution is 6.10. The van der Waals surface area contributed by atoms with Crippen LogP contribution >= 0.6 is 0 Å². The van der Waals surface area contributed by atoms with E-state index in [1.807, 2.05) is 19.1 Å². The molecule has 9 heteroatoms. The molecule has 0 saturated carbocycles. The number of urea groups is 1. The average Bonchev–Trinajstić information content (AvgIpc) is 2.88. The Balaban J connectivity index is 1.85. The van der Waals surface area contributed by atoms with Crippen LogP contribution < -0.4 is 10.6 Å². The van der Waals surface area contributed by atoms with Gasteiger partial charge in [-0.25, -0.2) is 4.79 Å². The lowest BCUT2D eigenvalue weighted by Crippen LogP contribution is -2.43. The van der Waals surface area contributed by atoms with E-state index in [-0.39, 0.29) is 5.56 Å². The first kappa shape index (κ1) is 21.4. The topological polar surface area (TPSA) is 78.5 Å². The van der Waals surface area contributed by atoms with Crippen LogP contribution in [0, 0.1) is 13.8 Å². The first-order chi connectivity index (χ1) is 13.9. The van der Waals surface area contributed by atoms with Crippen LogP contribution in [0.4, 0.5) is 23.7 Å². The molecule has 1 atom stereocenters. The molecule has 1 aliphatic rings. The maximum absolute atomic E-state index is 13.4. The molecule has 0 spiro atoms. The Hall–Kier alpha value is -3.36. The number of amides is 4. The molecule has 1 heterocycles. The number of imide groups is 1. The number of hydrogen-bond acceptors (Lipinski definition) is 3. The van der Waals surface area contributed by atoms with Crippen LogP contribution in [0.25, 0.3) is 0 Å². The molecule has 3 rings (SSSR count). The Morgan fingerprint density at radius 2 is 1.80 bits per heavy atom. The van der Waals surface area contributed by atoms with Gasteiger partial charge < -0.3 is 10.6 Å². The van der Waals surface area contributed by atoms with Crippen molar-refractivity contribution < 1.29 is 27.6 Å². The quantitative estimate of drug-likeness (QED) is 0.742. The molecule has 0 unspecified atom stereocenters. The Morgan fingerprint density at radius 1 is 1.13 bits per heavy atom. The number of aryl methyl sites for hydroxylation is 2. The normalized spacial score (nSPS) is 19.1. The third kappa shape index (κ3) is 3.87. The number of anilines is 1. The third-order valence-corrected chi connectivity index (χ3v) is 5.01. The van der Waals surface area contributed by atoms with E-state index < -0.39 is 41.7 Å². The molecule has 6 nitrogen and oxygen atoms in total. The molecular formula is C21H20F3N3O3. The van der Waals surface area contributed by atoms with Gasteiger partial charge in [0.1, 0.15) is 12.1 Å². The summed E-state index contributed by atoms with van der Waals surface area (Å²) in [5.74, 6) is -1.57. The first-order valence-electron chi connectivity index (χ1n) is 9.11. The lowest BCUT2D eigenvalue weighted by Gasteiger charge is -2.25. The maximum Gasteiger partial charge on any atom is 0.416 e. The summed E-state index contributed by atoms with van der Waals surface area (Å²) in [6, 6.07) is 9.02. The van der Waals surface area contributed by atoms with E-state index in [0.717, 1.165) is 23.3 Å². The standard InChI is InChI=1S/C21H20F3N3O3/c1-12-8-9-13(2)16(10-12)25-17(28)11-27-18(29)20(3,26-19(27)30)14-6-4-5-7-15(14)21(22,23)24/h4-10H,11H2,1-3H3,(H,25,28)(H,26,30)/t20-/m0/s1. The predicted molar refractivity (Wildman–Crippen MR) is 104 cm³/mol. The van der Waals surface area contributed by atoms with Crippen molar-refractivity contribution >= 4 is 23.5 Å². The number of hydrogen-bond donors (Lipinski definition) is 2. The van der Waals surface area contributed by atoms with E-state index in [1.165, 1.54) is 19.1 Å². The zero-order valence-electron chi connectivity index (χ0n) is 16.6. The van der Waals surface area contributed by atoms with E-state index in [9.17, 15) is 27.6 Å². The van der Waals surface area contributed by atoms with Gasteiger partial charge in [0.25, 0.3) is 5.91 Å². The summed E-state index contributed by atoms with van der Waals surface area (Å²) in [7, 11) is 0. The Bertz CT molecular complexity index is 1040. The molecular weight excluding hydrogens is 399 g/mol. The van der Waals surface area contributed by atoms with Gasteiger partial charge in [-0.15, -0.1) is 0 Å². The van der Waals surface area contributed by atoms with Crippen molar-refractivity contribution in [2.45, 2.75) is 32.5 Å². The van der Waals surface area contributed by atoms with Crippen molar-refractivity contribution in [3.05, 3.63) is 64.7 Å². The number of benzene rings is 2. The second-order valence-electron chi connectivity index (χ2n) is 7.36. The number of carbonyl (C=O) groups is 3. The molecule has 0 aromatic heterocycles. The highest BCUT2D eigenvalue weighted by Crippen LogP contribution is 2.39. The summed E-state index contributed by atoms with van der Waals surface area (Å²) < 4.78 is 40.2. The van der Waals surface area contributed by atoms with Gasteiger partial charge in [0.05, 0.1) is 5.56 Å². The molecule has 1 aliphatic heterocycles. The lowest BCUT2D eigenvalue weighted by molar-refractivity contribution is -0.140. The van der Waals surface area contributed by atoms with Gasteiger partial charge in [0, 0.05) is 5.69 Å². The molecule has 0 bridgehead atoms. The fourth-order valence-corrected chi connectivity index (χ4v) is 3.39. The highest BCUT2D eigenvalue weighted by atomic mass is 19.4. The minimum absolute atomic E-state index is 0.381. The summed E-state index contributed by atoms with van der Waals surface area (Å²) >= 11 is 0. The SMILES string of the molecule is Cc1ccc(C)c(NC(=O)CN2C(=O)N[C@@](C)(c3ccccc3C(F)(F)F)C2=O)c1. The van der Waals surface area contributed by atoms with Crippen molar-refractivity contribution in [2.24, 2.45) is 0 Å². The van der Waals surface area contributed by atoms with E-state index >= 15 is 0 Å². The van der Waals surface area contributed by atoms with Crippen LogP contribution in [0.3, 0.4) is 0 Å². The van der Waals surface area contributed by atoms with Crippen molar-refractivity contribution in [3.63, 3.8) is 0 Å². The smallest absolute Gasteiger partial charge is 0.324 e. The molecule has 0 aliphatic carbocycles. The van der Waals surface area contributed by atoms with E-state index in [2.05, 4.69) is 10.6 Å². The third-order valence-electron chi connectivity index (χ3n) is 5.01. The lowest BCUT2D eigenvalue weighted by atomic mass is 9.87. The fraction of sp³-hybridized carbons (Fsp3) is 0.286. The Morgan fingerprint density at radius 3 is 2.47 bits per heavy atom. The maximum atomic E-state index is 13.4. The molecule has 4 amide bonds. The monoisotopic (exact) mass is 419 g/mol. The second-order valence-corrected chi connectivity index (χ2v) is 7.36. The van der Waals surface area contributed by atoms with Gasteiger partial charge in [-0.1, -0.05) is 30.3 Å². The number of nitrogens with zero attached hydrogens (tertiary/aromatic N) is 1. The number of rotatable bonds is 4. The van der Waals surface area contributed by atoms with Crippen LogP contribution in [0.1, 0.15) is 29.2 Å². The van der Waals surface area contributed by atoms with Gasteiger partial charge >= 0.3 is 12.2 Å². The van der Waals surface area contributed by atoms with Gasteiger partial charge in [0.15, 0.2) is 0 Å². The number of halogens is 3. The molecule has 1 fully saturated rings. The van der Waals surface area contributed by atoms with Crippen LogP contribution in [-0.4, -0.2) is 29.3 Å². The average molecular weight is 419 g/mol. The van der Waals surface area contributed by atoms with Gasteiger partial charge in [-0.3, -0.25) is 14.5 Å². The first-order valence-corrected chi connectivity index (χ1v) is 9.11. The van der Waals surface area contributed by atoms with Crippen molar-refractivity contribution in [3.8, 4) is 0 Å². The summed E-state index contributed by atoms with van der Waals surface area (Å²) in [5, 5.41) is 4.94. The minimum Gasteiger partial charge on any atom is -0.324 e. The number of carbonyl (C=O) groups excluding carboxylic acids is 3. The Labute approximate surface area is 171 Å². The summed E-state index contributed by atoms with van der Waals surface area (Å²) in [5.41, 5.74) is -1.13.